The van der Waals surface area contributed by atoms with Gasteiger partial charge in [-0.2, -0.15) is 0 Å². The SMILES string of the molecule is [K+].[O-]c1cccc(Oc2ccccc2)c1. The van der Waals surface area contributed by atoms with Gasteiger partial charge in [0.25, 0.3) is 0 Å². The molecule has 0 N–H and O–H groups in total. The standard InChI is InChI=1S/C12H10O2.K/c13-10-5-4-8-12(9-10)14-11-6-2-1-3-7-11;/h1-9,13H;/q;+1/p-1. The normalized spacial score (nSPS) is 9.07. The van der Waals surface area contributed by atoms with Gasteiger partial charge in [-0.1, -0.05) is 30.3 Å². The van der Waals surface area contributed by atoms with Gasteiger partial charge in [0.2, 0.25) is 0 Å². The van der Waals surface area contributed by atoms with Crippen molar-refractivity contribution in [1.82, 2.24) is 0 Å². The second kappa shape index (κ2) is 6.30. The molecule has 0 spiro atoms. The summed E-state index contributed by atoms with van der Waals surface area (Å²) < 4.78 is 5.46. The molecular formula is C12H9KO2. The molecule has 2 aromatic carbocycles. The number of ether oxygens (including phenoxy) is 1. The maximum atomic E-state index is 11.0. The minimum atomic E-state index is -0.0431. The van der Waals surface area contributed by atoms with Crippen LogP contribution in [0.25, 0.3) is 0 Å². The van der Waals surface area contributed by atoms with Crippen LogP contribution in [0.1, 0.15) is 0 Å². The van der Waals surface area contributed by atoms with E-state index in [9.17, 15) is 5.11 Å². The molecule has 70 valence electrons. The fourth-order valence-electron chi connectivity index (χ4n) is 1.16. The molecule has 0 amide bonds. The molecule has 2 aromatic rings. The van der Waals surface area contributed by atoms with Crippen LogP contribution in [0.15, 0.2) is 54.6 Å². The zero-order valence-corrected chi connectivity index (χ0v) is 11.6. The first-order chi connectivity index (χ1) is 6.84. The minimum Gasteiger partial charge on any atom is -0.872 e. The summed E-state index contributed by atoms with van der Waals surface area (Å²) >= 11 is 0. The molecular weight excluding hydrogens is 215 g/mol. The van der Waals surface area contributed by atoms with E-state index in [2.05, 4.69) is 0 Å². The summed E-state index contributed by atoms with van der Waals surface area (Å²) in [5.74, 6) is 1.26. The van der Waals surface area contributed by atoms with E-state index in [1.165, 1.54) is 12.1 Å². The van der Waals surface area contributed by atoms with Gasteiger partial charge >= 0.3 is 51.4 Å². The summed E-state index contributed by atoms with van der Waals surface area (Å²) in [4.78, 5) is 0. The molecule has 0 radical (unpaired) electrons. The van der Waals surface area contributed by atoms with Gasteiger partial charge in [-0.05, 0) is 24.3 Å². The Morgan fingerprint density at radius 3 is 2.13 bits per heavy atom. The van der Waals surface area contributed by atoms with Crippen molar-refractivity contribution in [2.45, 2.75) is 0 Å². The maximum Gasteiger partial charge on any atom is 1.00 e. The number of benzene rings is 2. The Balaban J connectivity index is 0.00000112. The molecule has 0 fully saturated rings. The fraction of sp³-hybridized carbons (Fsp3) is 0. The van der Waals surface area contributed by atoms with Crippen molar-refractivity contribution in [3.8, 4) is 17.2 Å². The van der Waals surface area contributed by atoms with Crippen LogP contribution < -0.4 is 61.2 Å². The molecule has 2 rings (SSSR count). The monoisotopic (exact) mass is 224 g/mol. The average molecular weight is 224 g/mol. The average Bonchev–Trinajstić information content (AvgIpc) is 2.19. The fourth-order valence-corrected chi connectivity index (χ4v) is 1.16. The largest absolute Gasteiger partial charge is 1.00 e. The van der Waals surface area contributed by atoms with Crippen LogP contribution in [-0.2, 0) is 0 Å². The summed E-state index contributed by atoms with van der Waals surface area (Å²) in [6.07, 6.45) is 0. The van der Waals surface area contributed by atoms with Crippen molar-refractivity contribution in [3.63, 3.8) is 0 Å². The van der Waals surface area contributed by atoms with E-state index >= 15 is 0 Å². The number of para-hydroxylation sites is 1. The van der Waals surface area contributed by atoms with Crippen LogP contribution in [-0.4, -0.2) is 0 Å². The Hall–Kier alpha value is -0.324. The molecule has 15 heavy (non-hydrogen) atoms. The van der Waals surface area contributed by atoms with Crippen LogP contribution in [0, 0.1) is 0 Å². The van der Waals surface area contributed by atoms with Gasteiger partial charge in [-0.25, -0.2) is 0 Å². The summed E-state index contributed by atoms with van der Waals surface area (Å²) in [6, 6.07) is 15.8. The second-order valence-corrected chi connectivity index (χ2v) is 2.89. The van der Waals surface area contributed by atoms with Gasteiger partial charge < -0.3 is 9.84 Å². The number of rotatable bonds is 2. The van der Waals surface area contributed by atoms with Gasteiger partial charge in [0.05, 0.1) is 0 Å². The molecule has 0 atom stereocenters. The van der Waals surface area contributed by atoms with Crippen molar-refractivity contribution in [2.24, 2.45) is 0 Å². The Labute approximate surface area is 131 Å². The predicted molar refractivity (Wildman–Crippen MR) is 52.4 cm³/mol. The Kier molecular flexibility index (Phi) is 5.35. The maximum absolute atomic E-state index is 11.0. The van der Waals surface area contributed by atoms with Gasteiger partial charge in [-0.3, -0.25) is 0 Å². The first kappa shape index (κ1) is 12.7. The number of hydrogen-bond donors (Lipinski definition) is 0. The molecule has 0 saturated heterocycles. The van der Waals surface area contributed by atoms with Crippen molar-refractivity contribution in [3.05, 3.63) is 54.6 Å². The third-order valence-electron chi connectivity index (χ3n) is 1.78. The smallest absolute Gasteiger partial charge is 0.872 e. The number of hydrogen-bond acceptors (Lipinski definition) is 2. The van der Waals surface area contributed by atoms with E-state index in [0.717, 1.165) is 5.75 Å². The van der Waals surface area contributed by atoms with Gasteiger partial charge in [0, 0.05) is 0 Å². The molecule has 0 saturated carbocycles. The molecule has 0 heterocycles. The minimum absolute atomic E-state index is 0. The van der Waals surface area contributed by atoms with E-state index in [4.69, 9.17) is 4.74 Å². The first-order valence-corrected chi connectivity index (χ1v) is 4.34. The molecule has 2 nitrogen and oxygen atoms in total. The van der Waals surface area contributed by atoms with Gasteiger partial charge in [0.1, 0.15) is 11.5 Å². The Morgan fingerprint density at radius 2 is 1.47 bits per heavy atom. The molecule has 0 unspecified atom stereocenters. The van der Waals surface area contributed by atoms with Gasteiger partial charge in [-0.15, -0.1) is 5.75 Å². The Morgan fingerprint density at radius 1 is 0.800 bits per heavy atom. The Bertz CT molecular complexity index is 415. The van der Waals surface area contributed by atoms with Crippen molar-refractivity contribution >= 4 is 0 Å². The topological polar surface area (TPSA) is 32.3 Å². The van der Waals surface area contributed by atoms with E-state index < -0.39 is 0 Å². The molecule has 0 aromatic heterocycles. The summed E-state index contributed by atoms with van der Waals surface area (Å²) in [7, 11) is 0. The van der Waals surface area contributed by atoms with Crippen LogP contribution in [0.2, 0.25) is 0 Å². The third kappa shape index (κ3) is 3.97. The molecule has 0 aliphatic rings. The van der Waals surface area contributed by atoms with Gasteiger partial charge in [0.15, 0.2) is 0 Å². The van der Waals surface area contributed by atoms with E-state index in [0.29, 0.717) is 5.75 Å². The van der Waals surface area contributed by atoms with Crippen molar-refractivity contribution < 1.29 is 61.2 Å². The molecule has 0 bridgehead atoms. The van der Waals surface area contributed by atoms with E-state index in [1.807, 2.05) is 30.3 Å². The van der Waals surface area contributed by atoms with Crippen LogP contribution in [0.5, 0.6) is 17.2 Å². The second-order valence-electron chi connectivity index (χ2n) is 2.89. The van der Waals surface area contributed by atoms with Crippen molar-refractivity contribution in [1.29, 1.82) is 0 Å². The van der Waals surface area contributed by atoms with Crippen LogP contribution in [0.4, 0.5) is 0 Å². The summed E-state index contributed by atoms with van der Waals surface area (Å²) in [6.45, 7) is 0. The summed E-state index contributed by atoms with van der Waals surface area (Å²) in [5.41, 5.74) is 0. The first-order valence-electron chi connectivity index (χ1n) is 4.34. The van der Waals surface area contributed by atoms with Crippen molar-refractivity contribution in [2.75, 3.05) is 0 Å². The zero-order chi connectivity index (χ0) is 9.80. The van der Waals surface area contributed by atoms with E-state index in [1.54, 1.807) is 12.1 Å². The quantitative estimate of drug-likeness (QED) is 0.648. The summed E-state index contributed by atoms with van der Waals surface area (Å²) in [5, 5.41) is 11.0. The van der Waals surface area contributed by atoms with Crippen LogP contribution >= 0.6 is 0 Å². The zero-order valence-electron chi connectivity index (χ0n) is 8.51. The third-order valence-corrected chi connectivity index (χ3v) is 1.78. The van der Waals surface area contributed by atoms with E-state index in [-0.39, 0.29) is 57.1 Å². The molecule has 3 heteroatoms. The molecule has 0 aliphatic heterocycles. The molecule has 0 aliphatic carbocycles. The van der Waals surface area contributed by atoms with Crippen LogP contribution in [0.3, 0.4) is 0 Å². The predicted octanol–water partition coefficient (Wildman–Crippen LogP) is -0.444.